The smallest absolute Gasteiger partial charge is 0.137 e. The largest absolute Gasteiger partial charge is 0.457 e. The van der Waals surface area contributed by atoms with E-state index in [1.54, 1.807) is 6.20 Å². The standard InChI is InChI=1S/C26H25N3O/c1-3-13-26(14-4-1,24-12-2-5-15-27-24)21-9-7-11-23(19-21)30-22-10-6-8-20(18-22)25-28-16-17-29-25/h2,5-12,15-19H,1,3-4,13-14H2,(H,28,29). The number of hydrogen-bond donors (Lipinski definition) is 1. The monoisotopic (exact) mass is 395 g/mol. The summed E-state index contributed by atoms with van der Waals surface area (Å²) >= 11 is 0. The lowest BCUT2D eigenvalue weighted by molar-refractivity contribution is 0.337. The average molecular weight is 396 g/mol. The number of imidazole rings is 1. The maximum absolute atomic E-state index is 6.27. The predicted octanol–water partition coefficient (Wildman–Crippen LogP) is 6.51. The summed E-state index contributed by atoms with van der Waals surface area (Å²) in [5, 5.41) is 0. The van der Waals surface area contributed by atoms with Gasteiger partial charge in [-0.15, -0.1) is 0 Å². The molecule has 0 aliphatic heterocycles. The quantitative estimate of drug-likeness (QED) is 0.419. The van der Waals surface area contributed by atoms with Crippen LogP contribution in [0.25, 0.3) is 11.4 Å². The fraction of sp³-hybridized carbons (Fsp3) is 0.231. The molecule has 0 radical (unpaired) electrons. The molecule has 0 saturated heterocycles. The van der Waals surface area contributed by atoms with Crippen LogP contribution in [0.1, 0.15) is 43.4 Å². The predicted molar refractivity (Wildman–Crippen MR) is 119 cm³/mol. The van der Waals surface area contributed by atoms with Gasteiger partial charge in [0.25, 0.3) is 0 Å². The molecule has 0 unspecified atom stereocenters. The molecule has 5 rings (SSSR count). The number of ether oxygens (including phenoxy) is 1. The summed E-state index contributed by atoms with van der Waals surface area (Å²) in [5.74, 6) is 2.49. The summed E-state index contributed by atoms with van der Waals surface area (Å²) in [7, 11) is 0. The number of benzene rings is 2. The van der Waals surface area contributed by atoms with Crippen molar-refractivity contribution >= 4 is 0 Å². The second-order valence-corrected chi connectivity index (χ2v) is 7.95. The van der Waals surface area contributed by atoms with Crippen molar-refractivity contribution in [3.63, 3.8) is 0 Å². The Kier molecular flexibility index (Phi) is 5.06. The van der Waals surface area contributed by atoms with E-state index in [9.17, 15) is 0 Å². The number of aromatic amines is 1. The lowest BCUT2D eigenvalue weighted by Crippen LogP contribution is -2.31. The van der Waals surface area contributed by atoms with Gasteiger partial charge in [-0.2, -0.15) is 0 Å². The normalized spacial score (nSPS) is 15.6. The van der Waals surface area contributed by atoms with E-state index in [0.29, 0.717) is 0 Å². The van der Waals surface area contributed by atoms with E-state index in [1.165, 1.54) is 30.5 Å². The second kappa shape index (κ2) is 8.15. The maximum atomic E-state index is 6.27. The first-order chi connectivity index (χ1) is 14.8. The van der Waals surface area contributed by atoms with Crippen molar-refractivity contribution in [2.24, 2.45) is 0 Å². The van der Waals surface area contributed by atoms with Gasteiger partial charge >= 0.3 is 0 Å². The number of H-pyrrole nitrogens is 1. The van der Waals surface area contributed by atoms with Crippen LogP contribution < -0.4 is 4.74 Å². The molecule has 2 aromatic heterocycles. The van der Waals surface area contributed by atoms with Gasteiger partial charge in [0.05, 0.1) is 5.69 Å². The van der Waals surface area contributed by atoms with Crippen molar-refractivity contribution in [1.29, 1.82) is 0 Å². The molecule has 0 amide bonds. The van der Waals surface area contributed by atoms with Gasteiger partial charge in [0.2, 0.25) is 0 Å². The van der Waals surface area contributed by atoms with Crippen molar-refractivity contribution in [3.8, 4) is 22.9 Å². The van der Waals surface area contributed by atoms with Gasteiger partial charge in [-0.1, -0.05) is 49.6 Å². The minimum Gasteiger partial charge on any atom is -0.457 e. The second-order valence-electron chi connectivity index (χ2n) is 7.95. The zero-order valence-electron chi connectivity index (χ0n) is 16.9. The first-order valence-electron chi connectivity index (χ1n) is 10.6. The van der Waals surface area contributed by atoms with E-state index in [0.717, 1.165) is 35.7 Å². The summed E-state index contributed by atoms with van der Waals surface area (Å²) in [6.07, 6.45) is 11.5. The van der Waals surface area contributed by atoms with Gasteiger partial charge in [-0.3, -0.25) is 4.98 Å². The van der Waals surface area contributed by atoms with Crippen LogP contribution in [0.4, 0.5) is 0 Å². The number of rotatable bonds is 5. The Morgan fingerprint density at radius 3 is 2.37 bits per heavy atom. The minimum atomic E-state index is -0.0328. The lowest BCUT2D eigenvalue weighted by atomic mass is 9.67. The summed E-state index contributed by atoms with van der Waals surface area (Å²) in [5.41, 5.74) is 3.43. The third-order valence-electron chi connectivity index (χ3n) is 6.09. The van der Waals surface area contributed by atoms with Gasteiger partial charge in [0.15, 0.2) is 0 Å². The molecule has 30 heavy (non-hydrogen) atoms. The third kappa shape index (κ3) is 3.61. The van der Waals surface area contributed by atoms with Gasteiger partial charge in [-0.25, -0.2) is 4.98 Å². The Balaban J connectivity index is 1.47. The molecular weight excluding hydrogens is 370 g/mol. The summed E-state index contributed by atoms with van der Waals surface area (Å²) < 4.78 is 6.27. The Morgan fingerprint density at radius 1 is 0.767 bits per heavy atom. The third-order valence-corrected chi connectivity index (χ3v) is 6.09. The maximum Gasteiger partial charge on any atom is 0.137 e. The number of nitrogens with one attached hydrogen (secondary N) is 1. The highest BCUT2D eigenvalue weighted by molar-refractivity contribution is 5.57. The Hall–Kier alpha value is -3.40. The van der Waals surface area contributed by atoms with E-state index in [1.807, 2.05) is 48.8 Å². The molecule has 2 aromatic carbocycles. The Labute approximate surface area is 177 Å². The van der Waals surface area contributed by atoms with E-state index < -0.39 is 0 Å². The van der Waals surface area contributed by atoms with Crippen LogP contribution in [-0.2, 0) is 5.41 Å². The van der Waals surface area contributed by atoms with E-state index in [4.69, 9.17) is 9.72 Å². The van der Waals surface area contributed by atoms with Crippen molar-refractivity contribution in [2.45, 2.75) is 37.5 Å². The number of nitrogens with zero attached hydrogens (tertiary/aromatic N) is 2. The Morgan fingerprint density at radius 2 is 1.60 bits per heavy atom. The number of aromatic nitrogens is 3. The zero-order chi connectivity index (χ0) is 20.2. The zero-order valence-corrected chi connectivity index (χ0v) is 16.9. The summed E-state index contributed by atoms with van der Waals surface area (Å²) in [6.45, 7) is 0. The molecule has 1 fully saturated rings. The van der Waals surface area contributed by atoms with Crippen LogP contribution in [0.2, 0.25) is 0 Å². The molecule has 0 bridgehead atoms. The molecule has 1 N–H and O–H groups in total. The number of hydrogen-bond acceptors (Lipinski definition) is 3. The van der Waals surface area contributed by atoms with Crippen molar-refractivity contribution in [3.05, 3.63) is 96.6 Å². The van der Waals surface area contributed by atoms with Gasteiger partial charge in [0.1, 0.15) is 17.3 Å². The SMILES string of the molecule is c1ccc(C2(c3cccc(Oc4cccc(-c5ncc[nH]5)c4)c3)CCCCC2)nc1. The van der Waals surface area contributed by atoms with Crippen LogP contribution >= 0.6 is 0 Å². The highest BCUT2D eigenvalue weighted by Crippen LogP contribution is 2.45. The topological polar surface area (TPSA) is 50.8 Å². The molecule has 1 saturated carbocycles. The Bertz CT molecular complexity index is 1100. The fourth-order valence-electron chi connectivity index (χ4n) is 4.62. The fourth-order valence-corrected chi connectivity index (χ4v) is 4.62. The minimum absolute atomic E-state index is 0.0328. The van der Waals surface area contributed by atoms with Crippen LogP contribution in [0.15, 0.2) is 85.3 Å². The molecule has 1 aliphatic rings. The van der Waals surface area contributed by atoms with Gasteiger partial charge in [0, 0.05) is 29.6 Å². The molecule has 150 valence electrons. The molecule has 0 spiro atoms. The molecule has 4 aromatic rings. The molecule has 4 heteroatoms. The van der Waals surface area contributed by atoms with Crippen LogP contribution in [-0.4, -0.2) is 15.0 Å². The van der Waals surface area contributed by atoms with Crippen LogP contribution in [0, 0.1) is 0 Å². The lowest BCUT2D eigenvalue weighted by Gasteiger charge is -2.37. The molecular formula is C26H25N3O. The van der Waals surface area contributed by atoms with Gasteiger partial charge < -0.3 is 9.72 Å². The first-order valence-corrected chi connectivity index (χ1v) is 10.6. The van der Waals surface area contributed by atoms with Crippen LogP contribution in [0.5, 0.6) is 11.5 Å². The van der Waals surface area contributed by atoms with Gasteiger partial charge in [-0.05, 0) is 54.8 Å². The molecule has 2 heterocycles. The van der Waals surface area contributed by atoms with E-state index in [-0.39, 0.29) is 5.41 Å². The van der Waals surface area contributed by atoms with Crippen molar-refractivity contribution in [2.75, 3.05) is 0 Å². The number of pyridine rings is 1. The van der Waals surface area contributed by atoms with E-state index in [2.05, 4.69) is 40.3 Å². The summed E-state index contributed by atoms with van der Waals surface area (Å²) in [6, 6.07) is 22.8. The first kappa shape index (κ1) is 18.6. The van der Waals surface area contributed by atoms with E-state index >= 15 is 0 Å². The van der Waals surface area contributed by atoms with Crippen molar-refractivity contribution in [1.82, 2.24) is 15.0 Å². The average Bonchev–Trinajstić information content (AvgIpc) is 3.36. The molecule has 4 nitrogen and oxygen atoms in total. The molecule has 1 aliphatic carbocycles. The summed E-state index contributed by atoms with van der Waals surface area (Å²) in [4.78, 5) is 12.2. The van der Waals surface area contributed by atoms with Crippen molar-refractivity contribution < 1.29 is 4.74 Å². The highest BCUT2D eigenvalue weighted by Gasteiger charge is 2.37. The van der Waals surface area contributed by atoms with Crippen LogP contribution in [0.3, 0.4) is 0 Å². The molecule has 0 atom stereocenters. The highest BCUT2D eigenvalue weighted by atomic mass is 16.5.